The molecule has 56 valence electrons. The van der Waals surface area contributed by atoms with Gasteiger partial charge in [0.05, 0.1) is 12.6 Å². The third kappa shape index (κ3) is 1.19. The second-order valence-corrected chi connectivity index (χ2v) is 1.99. The van der Waals surface area contributed by atoms with Gasteiger partial charge in [-0.1, -0.05) is 5.11 Å². The molecule has 0 aromatic heterocycles. The first-order chi connectivity index (χ1) is 4.75. The maximum absolute atomic E-state index is 8.95. The highest BCUT2D eigenvalue weighted by molar-refractivity contribution is 4.83. The van der Waals surface area contributed by atoms with Crippen molar-refractivity contribution in [3.63, 3.8) is 0 Å². The summed E-state index contributed by atoms with van der Waals surface area (Å²) in [6.07, 6.45) is -2.30. The van der Waals surface area contributed by atoms with Crippen LogP contribution in [-0.2, 0) is 4.74 Å². The number of hydrogen-bond acceptors (Lipinski definition) is 4. The van der Waals surface area contributed by atoms with Crippen molar-refractivity contribution in [2.24, 2.45) is 5.11 Å². The topological polar surface area (TPSA) is 98.5 Å². The summed E-state index contributed by atoms with van der Waals surface area (Å²) in [6.45, 7) is 0.0758. The van der Waals surface area contributed by atoms with E-state index in [0.717, 1.165) is 0 Å². The lowest BCUT2D eigenvalue weighted by molar-refractivity contribution is -0.108. The minimum Gasteiger partial charge on any atom is -0.387 e. The van der Waals surface area contributed by atoms with E-state index in [2.05, 4.69) is 14.8 Å². The molecule has 1 saturated heterocycles. The second-order valence-electron chi connectivity index (χ2n) is 1.99. The highest BCUT2D eigenvalue weighted by atomic mass is 16.6. The number of azide groups is 1. The molecule has 0 aromatic rings. The van der Waals surface area contributed by atoms with Gasteiger partial charge in [-0.25, -0.2) is 0 Å². The van der Waals surface area contributed by atoms with Crippen molar-refractivity contribution in [1.29, 1.82) is 0 Å². The van der Waals surface area contributed by atoms with Gasteiger partial charge in [-0.15, -0.1) is 0 Å². The van der Waals surface area contributed by atoms with Crippen molar-refractivity contribution in [1.82, 2.24) is 0 Å². The molecule has 0 aromatic carbocycles. The molecule has 0 saturated carbocycles. The SMILES string of the molecule is [N-]=[N+]=N[C@@H]1COC(O)[C@H]1O. The fraction of sp³-hybridized carbons (Fsp3) is 1.00. The molecule has 1 rings (SSSR count). The van der Waals surface area contributed by atoms with E-state index < -0.39 is 18.4 Å². The summed E-state index contributed by atoms with van der Waals surface area (Å²) >= 11 is 0. The first-order valence-electron chi connectivity index (χ1n) is 2.77. The Kier molecular flexibility index (Phi) is 2.08. The molecule has 6 heteroatoms. The van der Waals surface area contributed by atoms with Crippen molar-refractivity contribution < 1.29 is 14.9 Å². The van der Waals surface area contributed by atoms with E-state index in [0.29, 0.717) is 0 Å². The van der Waals surface area contributed by atoms with Gasteiger partial charge in [0.2, 0.25) is 0 Å². The molecule has 1 aliphatic rings. The number of hydrogen-bond donors (Lipinski definition) is 2. The van der Waals surface area contributed by atoms with Gasteiger partial charge in [-0.2, -0.15) is 0 Å². The summed E-state index contributed by atoms with van der Waals surface area (Å²) in [6, 6.07) is -0.653. The third-order valence-electron chi connectivity index (χ3n) is 1.32. The molecule has 6 nitrogen and oxygen atoms in total. The van der Waals surface area contributed by atoms with Crippen molar-refractivity contribution in [3.05, 3.63) is 10.4 Å². The van der Waals surface area contributed by atoms with Crippen molar-refractivity contribution >= 4 is 0 Å². The summed E-state index contributed by atoms with van der Waals surface area (Å²) in [5, 5.41) is 20.9. The fourth-order valence-corrected chi connectivity index (χ4v) is 0.752. The van der Waals surface area contributed by atoms with Crippen LogP contribution in [0.1, 0.15) is 0 Å². The molecule has 0 aliphatic carbocycles. The first-order valence-corrected chi connectivity index (χ1v) is 2.77. The summed E-state index contributed by atoms with van der Waals surface area (Å²) < 4.78 is 4.57. The van der Waals surface area contributed by atoms with E-state index in [1.165, 1.54) is 0 Å². The van der Waals surface area contributed by atoms with Gasteiger partial charge in [0.1, 0.15) is 6.10 Å². The molecule has 0 amide bonds. The van der Waals surface area contributed by atoms with E-state index in [4.69, 9.17) is 15.7 Å². The summed E-state index contributed by atoms with van der Waals surface area (Å²) in [5.41, 5.74) is 7.94. The lowest BCUT2D eigenvalue weighted by Crippen LogP contribution is -2.27. The van der Waals surface area contributed by atoms with E-state index >= 15 is 0 Å². The maximum atomic E-state index is 8.95. The van der Waals surface area contributed by atoms with Crippen LogP contribution >= 0.6 is 0 Å². The van der Waals surface area contributed by atoms with Crippen LogP contribution in [0.3, 0.4) is 0 Å². The van der Waals surface area contributed by atoms with Crippen molar-refractivity contribution in [2.45, 2.75) is 18.4 Å². The normalized spacial score (nSPS) is 39.2. The van der Waals surface area contributed by atoms with Gasteiger partial charge < -0.3 is 14.9 Å². The molecule has 0 radical (unpaired) electrons. The van der Waals surface area contributed by atoms with Crippen LogP contribution in [0.25, 0.3) is 10.4 Å². The number of rotatable bonds is 1. The molecule has 0 bridgehead atoms. The van der Waals surface area contributed by atoms with E-state index in [9.17, 15) is 0 Å². The standard InChI is InChI=1S/C4H7N3O3/c5-7-6-2-1-10-4(9)3(2)8/h2-4,8-9H,1H2/t2-,3+,4?/m1/s1. The molecule has 1 fully saturated rings. The second kappa shape index (κ2) is 2.85. The average molecular weight is 145 g/mol. The summed E-state index contributed by atoms with van der Waals surface area (Å²) in [4.78, 5) is 2.48. The maximum Gasteiger partial charge on any atom is 0.181 e. The van der Waals surface area contributed by atoms with E-state index in [-0.39, 0.29) is 6.61 Å². The molecule has 1 heterocycles. The van der Waals surface area contributed by atoms with Gasteiger partial charge in [-0.05, 0) is 5.53 Å². The minimum absolute atomic E-state index is 0.0758. The third-order valence-corrected chi connectivity index (χ3v) is 1.32. The average Bonchev–Trinajstić information content (AvgIpc) is 2.20. The number of aliphatic hydroxyl groups is 2. The Balaban J connectivity index is 2.56. The molecule has 0 spiro atoms. The Bertz CT molecular complexity index is 167. The predicted octanol–water partition coefficient (Wildman–Crippen LogP) is -0.625. The Morgan fingerprint density at radius 3 is 2.70 bits per heavy atom. The first kappa shape index (κ1) is 7.30. The lowest BCUT2D eigenvalue weighted by atomic mass is 10.2. The van der Waals surface area contributed by atoms with Gasteiger partial charge >= 0.3 is 0 Å². The molecule has 2 N–H and O–H groups in total. The van der Waals surface area contributed by atoms with Crippen LogP contribution in [0.4, 0.5) is 0 Å². The quantitative estimate of drug-likeness (QED) is 0.292. The Morgan fingerprint density at radius 1 is 1.60 bits per heavy atom. The van der Waals surface area contributed by atoms with Gasteiger partial charge in [0.15, 0.2) is 6.29 Å². The molecule has 1 aliphatic heterocycles. The van der Waals surface area contributed by atoms with Gasteiger partial charge in [-0.3, -0.25) is 0 Å². The van der Waals surface area contributed by atoms with E-state index in [1.54, 1.807) is 0 Å². The fourth-order valence-electron chi connectivity index (χ4n) is 0.752. The highest BCUT2D eigenvalue weighted by Gasteiger charge is 2.33. The Hall–Kier alpha value is -0.810. The van der Waals surface area contributed by atoms with Gasteiger partial charge in [0.25, 0.3) is 0 Å². The zero-order valence-corrected chi connectivity index (χ0v) is 5.08. The smallest absolute Gasteiger partial charge is 0.181 e. The molecule has 1 unspecified atom stereocenters. The van der Waals surface area contributed by atoms with E-state index in [1.807, 2.05) is 0 Å². The molecular weight excluding hydrogens is 138 g/mol. The minimum atomic E-state index is -1.21. The Labute approximate surface area is 56.7 Å². The Morgan fingerprint density at radius 2 is 2.30 bits per heavy atom. The molecular formula is C4H7N3O3. The number of aliphatic hydroxyl groups excluding tert-OH is 2. The van der Waals surface area contributed by atoms with Crippen LogP contribution in [0.2, 0.25) is 0 Å². The van der Waals surface area contributed by atoms with Gasteiger partial charge in [0, 0.05) is 4.91 Å². The predicted molar refractivity (Wildman–Crippen MR) is 30.9 cm³/mol. The summed E-state index contributed by atoms with van der Waals surface area (Å²) in [7, 11) is 0. The zero-order valence-electron chi connectivity index (χ0n) is 5.08. The van der Waals surface area contributed by atoms with Crippen LogP contribution in [-0.4, -0.2) is 35.3 Å². The van der Waals surface area contributed by atoms with Crippen LogP contribution < -0.4 is 0 Å². The lowest BCUT2D eigenvalue weighted by Gasteiger charge is -2.06. The summed E-state index contributed by atoms with van der Waals surface area (Å²) in [5.74, 6) is 0. The van der Waals surface area contributed by atoms with Crippen LogP contribution in [0.15, 0.2) is 5.11 Å². The van der Waals surface area contributed by atoms with Crippen LogP contribution in [0.5, 0.6) is 0 Å². The van der Waals surface area contributed by atoms with Crippen LogP contribution in [0, 0.1) is 0 Å². The highest BCUT2D eigenvalue weighted by Crippen LogP contribution is 2.14. The monoisotopic (exact) mass is 145 g/mol. The zero-order chi connectivity index (χ0) is 7.56. The largest absolute Gasteiger partial charge is 0.387 e. The number of ether oxygens (including phenoxy) is 1. The number of nitrogens with zero attached hydrogens (tertiary/aromatic N) is 3. The van der Waals surface area contributed by atoms with Crippen molar-refractivity contribution in [3.8, 4) is 0 Å². The molecule has 10 heavy (non-hydrogen) atoms. The van der Waals surface area contributed by atoms with Crippen molar-refractivity contribution in [2.75, 3.05) is 6.61 Å². The molecule has 3 atom stereocenters.